The number of pyridine rings is 1. The number of carbonyl (C=O) groups is 1. The number of nitrogens with zero attached hydrogens (tertiary/aromatic N) is 1. The van der Waals surface area contributed by atoms with E-state index in [-0.39, 0.29) is 11.7 Å². The lowest BCUT2D eigenvalue weighted by Crippen LogP contribution is -2.26. The molecule has 0 saturated carbocycles. The maximum atomic E-state index is 13.5. The lowest BCUT2D eigenvalue weighted by molar-refractivity contribution is 0.0953. The first-order valence-electron chi connectivity index (χ1n) is 7.40. The summed E-state index contributed by atoms with van der Waals surface area (Å²) in [7, 11) is 1.62. The summed E-state index contributed by atoms with van der Waals surface area (Å²) in [4.78, 5) is 16.1. The van der Waals surface area contributed by atoms with Crippen LogP contribution >= 0.6 is 0 Å². The van der Waals surface area contributed by atoms with Crippen LogP contribution in [0.25, 0.3) is 0 Å². The molecule has 0 unspecified atom stereocenters. The first kappa shape index (κ1) is 16.9. The number of methoxy groups -OCH3 is 1. The summed E-state index contributed by atoms with van der Waals surface area (Å²) in [6.07, 6.45) is 3.59. The number of rotatable bonds is 8. The molecule has 2 aromatic rings. The van der Waals surface area contributed by atoms with Crippen molar-refractivity contribution < 1.29 is 13.9 Å². The molecule has 0 aliphatic heterocycles. The second-order valence-electron chi connectivity index (χ2n) is 4.98. The van der Waals surface area contributed by atoms with Crippen LogP contribution < -0.4 is 10.6 Å². The normalized spacial score (nSPS) is 10.3. The lowest BCUT2D eigenvalue weighted by Gasteiger charge is -2.08. The molecular formula is C17H20FN3O2. The van der Waals surface area contributed by atoms with Crippen LogP contribution in [0.15, 0.2) is 42.7 Å². The van der Waals surface area contributed by atoms with Crippen LogP contribution in [0.3, 0.4) is 0 Å². The number of benzene rings is 1. The molecule has 0 bridgehead atoms. The number of halogens is 1. The van der Waals surface area contributed by atoms with Gasteiger partial charge in [0.05, 0.1) is 17.9 Å². The highest BCUT2D eigenvalue weighted by Gasteiger charge is 2.07. The third kappa shape index (κ3) is 5.34. The van der Waals surface area contributed by atoms with E-state index >= 15 is 0 Å². The van der Waals surface area contributed by atoms with Crippen LogP contribution in [0, 0.1) is 5.82 Å². The van der Waals surface area contributed by atoms with E-state index in [4.69, 9.17) is 4.74 Å². The van der Waals surface area contributed by atoms with Gasteiger partial charge in [0.1, 0.15) is 5.82 Å². The zero-order valence-corrected chi connectivity index (χ0v) is 13.0. The van der Waals surface area contributed by atoms with Crippen molar-refractivity contribution in [3.05, 3.63) is 59.7 Å². The van der Waals surface area contributed by atoms with Crippen molar-refractivity contribution in [2.24, 2.45) is 0 Å². The van der Waals surface area contributed by atoms with Crippen molar-refractivity contribution in [3.63, 3.8) is 0 Å². The molecule has 0 spiro atoms. The fourth-order valence-corrected chi connectivity index (χ4v) is 2.07. The van der Waals surface area contributed by atoms with E-state index in [1.54, 1.807) is 37.6 Å². The van der Waals surface area contributed by atoms with Gasteiger partial charge in [0, 0.05) is 32.6 Å². The minimum Gasteiger partial charge on any atom is -0.383 e. The Labute approximate surface area is 134 Å². The smallest absolute Gasteiger partial charge is 0.252 e. The van der Waals surface area contributed by atoms with Gasteiger partial charge >= 0.3 is 0 Å². The predicted octanol–water partition coefficient (Wildman–Crippen LogP) is 2.25. The van der Waals surface area contributed by atoms with Crippen LogP contribution in [0.4, 0.5) is 10.1 Å². The monoisotopic (exact) mass is 317 g/mol. The molecule has 0 radical (unpaired) electrons. The Bertz CT molecular complexity index is 649. The molecule has 0 aliphatic rings. The minimum absolute atomic E-state index is 0.232. The van der Waals surface area contributed by atoms with Crippen molar-refractivity contribution >= 4 is 11.6 Å². The summed E-state index contributed by atoms with van der Waals surface area (Å²) in [6, 6.07) is 8.27. The molecule has 0 saturated heterocycles. The third-order valence-corrected chi connectivity index (χ3v) is 3.27. The number of nitrogens with one attached hydrogen (secondary N) is 2. The Morgan fingerprint density at radius 1 is 1.26 bits per heavy atom. The molecule has 2 N–H and O–H groups in total. The average molecular weight is 317 g/mol. The van der Waals surface area contributed by atoms with Gasteiger partial charge in [0.25, 0.3) is 5.91 Å². The summed E-state index contributed by atoms with van der Waals surface area (Å²) in [6.45, 7) is 1.57. The van der Waals surface area contributed by atoms with Crippen molar-refractivity contribution in [2.45, 2.75) is 6.42 Å². The van der Waals surface area contributed by atoms with Gasteiger partial charge in [-0.2, -0.15) is 0 Å². The molecule has 122 valence electrons. The van der Waals surface area contributed by atoms with E-state index in [1.165, 1.54) is 12.3 Å². The summed E-state index contributed by atoms with van der Waals surface area (Å²) >= 11 is 0. The molecule has 6 heteroatoms. The molecular weight excluding hydrogens is 297 g/mol. The number of amides is 1. The average Bonchev–Trinajstić information content (AvgIpc) is 2.57. The number of carbonyl (C=O) groups excluding carboxylic acids is 1. The van der Waals surface area contributed by atoms with Gasteiger partial charge in [0.15, 0.2) is 0 Å². The Morgan fingerprint density at radius 3 is 2.87 bits per heavy atom. The van der Waals surface area contributed by atoms with Crippen LogP contribution in [0.1, 0.15) is 15.9 Å². The van der Waals surface area contributed by atoms with Gasteiger partial charge in [-0.25, -0.2) is 4.39 Å². The topological polar surface area (TPSA) is 63.2 Å². The Kier molecular flexibility index (Phi) is 6.50. The third-order valence-electron chi connectivity index (χ3n) is 3.27. The molecule has 23 heavy (non-hydrogen) atoms. The fourth-order valence-electron chi connectivity index (χ4n) is 2.07. The first-order valence-corrected chi connectivity index (χ1v) is 7.40. The van der Waals surface area contributed by atoms with Crippen molar-refractivity contribution in [1.82, 2.24) is 10.3 Å². The van der Waals surface area contributed by atoms with Gasteiger partial charge < -0.3 is 15.4 Å². The Hall–Kier alpha value is -2.47. The number of hydrogen-bond donors (Lipinski definition) is 2. The van der Waals surface area contributed by atoms with E-state index < -0.39 is 0 Å². The molecule has 1 heterocycles. The highest BCUT2D eigenvalue weighted by Crippen LogP contribution is 2.09. The molecule has 0 aliphatic carbocycles. The van der Waals surface area contributed by atoms with Crippen LogP contribution in [0.2, 0.25) is 0 Å². The second kappa shape index (κ2) is 8.85. The van der Waals surface area contributed by atoms with E-state index in [9.17, 15) is 9.18 Å². The largest absolute Gasteiger partial charge is 0.383 e. The summed E-state index contributed by atoms with van der Waals surface area (Å²) in [5.74, 6) is -0.489. The van der Waals surface area contributed by atoms with Crippen molar-refractivity contribution in [3.8, 4) is 0 Å². The second-order valence-corrected chi connectivity index (χ2v) is 4.98. The fraction of sp³-hybridized carbons (Fsp3) is 0.294. The van der Waals surface area contributed by atoms with Gasteiger partial charge in [-0.3, -0.25) is 9.78 Å². The summed E-state index contributed by atoms with van der Waals surface area (Å²) in [5, 5.41) is 5.88. The maximum absolute atomic E-state index is 13.5. The number of ether oxygens (including phenoxy) is 1. The Balaban J connectivity index is 1.85. The zero-order chi connectivity index (χ0) is 16.5. The molecule has 0 atom stereocenters. The van der Waals surface area contributed by atoms with Gasteiger partial charge in [-0.15, -0.1) is 0 Å². The molecule has 1 aromatic heterocycles. The molecule has 5 nitrogen and oxygen atoms in total. The van der Waals surface area contributed by atoms with Crippen LogP contribution in [-0.2, 0) is 11.2 Å². The highest BCUT2D eigenvalue weighted by molar-refractivity contribution is 5.94. The SMILES string of the molecule is COCCNc1cncc(C(=O)NCCc2ccccc2F)c1. The van der Waals surface area contributed by atoms with Crippen LogP contribution in [-0.4, -0.2) is 37.7 Å². The standard InChI is InChI=1S/C17H20FN3O2/c1-23-9-8-20-15-10-14(11-19-12-15)17(22)21-7-6-13-4-2-3-5-16(13)18/h2-5,10-12,20H,6-9H2,1H3,(H,21,22). The zero-order valence-electron chi connectivity index (χ0n) is 13.0. The van der Waals surface area contributed by atoms with Crippen molar-refractivity contribution in [2.75, 3.05) is 32.1 Å². The van der Waals surface area contributed by atoms with E-state index in [2.05, 4.69) is 15.6 Å². The molecule has 1 amide bonds. The lowest BCUT2D eigenvalue weighted by atomic mass is 10.1. The number of hydrogen-bond acceptors (Lipinski definition) is 4. The van der Waals surface area contributed by atoms with Gasteiger partial charge in [-0.1, -0.05) is 18.2 Å². The van der Waals surface area contributed by atoms with E-state index in [1.807, 2.05) is 0 Å². The van der Waals surface area contributed by atoms with Gasteiger partial charge in [-0.05, 0) is 24.1 Å². The maximum Gasteiger partial charge on any atom is 0.252 e. The van der Waals surface area contributed by atoms with Gasteiger partial charge in [0.2, 0.25) is 0 Å². The quantitative estimate of drug-likeness (QED) is 0.733. The van der Waals surface area contributed by atoms with Crippen molar-refractivity contribution in [1.29, 1.82) is 0 Å². The highest BCUT2D eigenvalue weighted by atomic mass is 19.1. The summed E-state index contributed by atoms with van der Waals surface area (Å²) in [5.41, 5.74) is 1.80. The molecule has 2 rings (SSSR count). The van der Waals surface area contributed by atoms with Crippen LogP contribution in [0.5, 0.6) is 0 Å². The molecule has 0 fully saturated rings. The predicted molar refractivity (Wildman–Crippen MR) is 87.0 cm³/mol. The number of aromatic nitrogens is 1. The summed E-state index contributed by atoms with van der Waals surface area (Å²) < 4.78 is 18.4. The first-order chi connectivity index (χ1) is 11.2. The number of anilines is 1. The Morgan fingerprint density at radius 2 is 2.09 bits per heavy atom. The minimum atomic E-state index is -0.257. The van der Waals surface area contributed by atoms with E-state index in [0.717, 1.165) is 5.69 Å². The molecule has 1 aromatic carbocycles. The van der Waals surface area contributed by atoms with E-state index in [0.29, 0.717) is 37.2 Å².